The Balaban J connectivity index is 1.48. The van der Waals surface area contributed by atoms with Gasteiger partial charge in [0.05, 0.1) is 12.7 Å². The summed E-state index contributed by atoms with van der Waals surface area (Å²) in [6.07, 6.45) is 2.19. The van der Waals surface area contributed by atoms with Crippen molar-refractivity contribution in [2.45, 2.75) is 12.8 Å². The molecule has 6 nitrogen and oxygen atoms in total. The van der Waals surface area contributed by atoms with Gasteiger partial charge < -0.3 is 14.6 Å². The van der Waals surface area contributed by atoms with Gasteiger partial charge in [0.25, 0.3) is 0 Å². The van der Waals surface area contributed by atoms with Crippen LogP contribution in [0.5, 0.6) is 0 Å². The van der Waals surface area contributed by atoms with E-state index in [9.17, 15) is 9.59 Å². The van der Waals surface area contributed by atoms with Crippen LogP contribution in [0.1, 0.15) is 12.3 Å². The summed E-state index contributed by atoms with van der Waals surface area (Å²) in [5.74, 6) is 0.688. The van der Waals surface area contributed by atoms with E-state index in [4.69, 9.17) is 16.0 Å². The van der Waals surface area contributed by atoms with E-state index in [-0.39, 0.29) is 24.8 Å². The van der Waals surface area contributed by atoms with Gasteiger partial charge in [-0.3, -0.25) is 9.59 Å². The maximum absolute atomic E-state index is 12.3. The number of carbonyl (C=O) groups excluding carboxylic acids is 2. The topological polar surface area (TPSA) is 75.4 Å². The Morgan fingerprint density at radius 1 is 1.11 bits per heavy atom. The second-order valence-corrected chi connectivity index (χ2v) is 6.73. The van der Waals surface area contributed by atoms with Crippen LogP contribution in [0.25, 0.3) is 11.3 Å². The summed E-state index contributed by atoms with van der Waals surface area (Å²) in [6, 6.07) is 16.4. The van der Waals surface area contributed by atoms with E-state index < -0.39 is 0 Å². The van der Waals surface area contributed by atoms with Crippen LogP contribution < -0.4 is 5.32 Å². The highest BCUT2D eigenvalue weighted by Gasteiger charge is 2.15. The van der Waals surface area contributed by atoms with E-state index in [2.05, 4.69) is 10.3 Å². The van der Waals surface area contributed by atoms with Crippen molar-refractivity contribution in [2.24, 2.45) is 0 Å². The lowest BCUT2D eigenvalue weighted by Crippen LogP contribution is -2.35. The molecule has 0 radical (unpaired) electrons. The minimum atomic E-state index is -0.247. The Hall–Kier alpha value is -3.12. The van der Waals surface area contributed by atoms with Crippen LogP contribution in [0.15, 0.2) is 65.2 Å². The van der Waals surface area contributed by atoms with Crippen molar-refractivity contribution in [3.8, 4) is 11.3 Å². The van der Waals surface area contributed by atoms with Crippen LogP contribution in [-0.4, -0.2) is 35.3 Å². The summed E-state index contributed by atoms with van der Waals surface area (Å²) in [5.41, 5.74) is 1.56. The number of amides is 2. The lowest BCUT2D eigenvalue weighted by Gasteiger charge is -2.16. The molecule has 0 aliphatic rings. The van der Waals surface area contributed by atoms with Gasteiger partial charge in [-0.1, -0.05) is 29.8 Å². The largest absolute Gasteiger partial charge is 0.441 e. The summed E-state index contributed by atoms with van der Waals surface area (Å²) in [4.78, 5) is 29.9. The van der Waals surface area contributed by atoms with Crippen LogP contribution in [0.2, 0.25) is 5.02 Å². The van der Waals surface area contributed by atoms with Gasteiger partial charge in [0, 0.05) is 36.2 Å². The number of benzene rings is 2. The van der Waals surface area contributed by atoms with Crippen LogP contribution in [-0.2, 0) is 16.0 Å². The molecule has 0 spiro atoms. The second kappa shape index (κ2) is 9.19. The van der Waals surface area contributed by atoms with Crippen molar-refractivity contribution >= 4 is 29.1 Å². The fraction of sp³-hybridized carbons (Fsp3) is 0.190. The number of nitrogens with zero attached hydrogens (tertiary/aromatic N) is 2. The van der Waals surface area contributed by atoms with Crippen LogP contribution in [0.3, 0.4) is 0 Å². The quantitative estimate of drug-likeness (QED) is 0.653. The molecule has 1 aromatic heterocycles. The number of anilines is 1. The standard InChI is InChI=1S/C21H20ClN3O3/c1-25(14-19(26)24-17-5-3-2-4-6-17)21(27)12-11-20-23-13-18(28-20)15-7-9-16(22)10-8-15/h2-10,13H,11-12,14H2,1H3,(H,24,26). The molecule has 7 heteroatoms. The van der Waals surface area contributed by atoms with Crippen LogP contribution in [0.4, 0.5) is 5.69 Å². The number of aryl methyl sites for hydroxylation is 1. The molecule has 3 aromatic rings. The maximum atomic E-state index is 12.3. The number of hydrogen-bond donors (Lipinski definition) is 1. The molecule has 144 valence electrons. The molecule has 0 atom stereocenters. The number of halogens is 1. The van der Waals surface area contributed by atoms with Crippen LogP contribution >= 0.6 is 11.6 Å². The predicted molar refractivity (Wildman–Crippen MR) is 108 cm³/mol. The molecule has 2 amide bonds. The van der Waals surface area contributed by atoms with Gasteiger partial charge in [-0.25, -0.2) is 4.98 Å². The fourth-order valence-corrected chi connectivity index (χ4v) is 2.73. The van der Waals surface area contributed by atoms with E-state index in [0.717, 1.165) is 5.56 Å². The summed E-state index contributed by atoms with van der Waals surface area (Å²) in [7, 11) is 1.60. The van der Waals surface area contributed by atoms with Gasteiger partial charge >= 0.3 is 0 Å². The Kier molecular flexibility index (Phi) is 6.45. The molecule has 3 rings (SSSR count). The van der Waals surface area contributed by atoms with Crippen molar-refractivity contribution in [3.63, 3.8) is 0 Å². The molecule has 0 bridgehead atoms. The molecule has 28 heavy (non-hydrogen) atoms. The molecule has 0 saturated carbocycles. The molecule has 1 heterocycles. The maximum Gasteiger partial charge on any atom is 0.243 e. The van der Waals surface area contributed by atoms with E-state index in [1.165, 1.54) is 4.90 Å². The monoisotopic (exact) mass is 397 g/mol. The number of oxazole rings is 1. The zero-order valence-corrected chi connectivity index (χ0v) is 16.1. The molecule has 0 fully saturated rings. The van der Waals surface area contributed by atoms with Gasteiger partial charge in [-0.2, -0.15) is 0 Å². The van der Waals surface area contributed by atoms with Crippen molar-refractivity contribution in [1.29, 1.82) is 0 Å². The lowest BCUT2D eigenvalue weighted by molar-refractivity contribution is -0.133. The van der Waals surface area contributed by atoms with Crippen molar-refractivity contribution in [3.05, 3.63) is 71.7 Å². The molecule has 0 saturated heterocycles. The number of nitrogens with one attached hydrogen (secondary N) is 1. The number of likely N-dealkylation sites (N-methyl/N-ethyl adjacent to an activating group) is 1. The SMILES string of the molecule is CN(CC(=O)Nc1ccccc1)C(=O)CCc1ncc(-c2ccc(Cl)cc2)o1. The average Bonchev–Trinajstić information content (AvgIpc) is 3.16. The zero-order valence-electron chi connectivity index (χ0n) is 15.4. The number of hydrogen-bond acceptors (Lipinski definition) is 4. The third kappa shape index (κ3) is 5.44. The number of aromatic nitrogens is 1. The highest BCUT2D eigenvalue weighted by molar-refractivity contribution is 6.30. The normalized spacial score (nSPS) is 10.5. The number of rotatable bonds is 7. The third-order valence-electron chi connectivity index (χ3n) is 4.10. The Morgan fingerprint density at radius 2 is 1.82 bits per heavy atom. The molecular weight excluding hydrogens is 378 g/mol. The third-order valence-corrected chi connectivity index (χ3v) is 4.35. The van der Waals surface area contributed by atoms with Gasteiger partial charge in [-0.05, 0) is 36.4 Å². The zero-order chi connectivity index (χ0) is 19.9. The van der Waals surface area contributed by atoms with Crippen molar-refractivity contribution in [1.82, 2.24) is 9.88 Å². The van der Waals surface area contributed by atoms with Gasteiger partial charge in [0.15, 0.2) is 11.7 Å². The highest BCUT2D eigenvalue weighted by atomic mass is 35.5. The number of para-hydroxylation sites is 1. The molecule has 1 N–H and O–H groups in total. The second-order valence-electron chi connectivity index (χ2n) is 6.29. The first-order valence-corrected chi connectivity index (χ1v) is 9.18. The summed E-state index contributed by atoms with van der Waals surface area (Å²) >= 11 is 5.88. The first-order chi connectivity index (χ1) is 13.5. The molecule has 0 aliphatic carbocycles. The molecule has 0 unspecified atom stereocenters. The average molecular weight is 398 g/mol. The van der Waals surface area contributed by atoms with Gasteiger partial charge in [-0.15, -0.1) is 0 Å². The summed E-state index contributed by atoms with van der Waals surface area (Å²) in [6.45, 7) is -0.0185. The Labute approximate surface area is 168 Å². The van der Waals surface area contributed by atoms with Crippen molar-refractivity contribution in [2.75, 3.05) is 18.9 Å². The number of carbonyl (C=O) groups is 2. The van der Waals surface area contributed by atoms with E-state index >= 15 is 0 Å². The first-order valence-electron chi connectivity index (χ1n) is 8.81. The van der Waals surface area contributed by atoms with Gasteiger partial charge in [0.2, 0.25) is 11.8 Å². The van der Waals surface area contributed by atoms with E-state index in [1.807, 2.05) is 30.3 Å². The fourth-order valence-electron chi connectivity index (χ4n) is 2.60. The molecule has 0 aliphatic heterocycles. The Morgan fingerprint density at radius 3 is 2.54 bits per heavy atom. The lowest BCUT2D eigenvalue weighted by atomic mass is 10.2. The van der Waals surface area contributed by atoms with E-state index in [1.54, 1.807) is 37.5 Å². The first kappa shape index (κ1) is 19.6. The Bertz CT molecular complexity index is 939. The van der Waals surface area contributed by atoms with E-state index in [0.29, 0.717) is 28.8 Å². The minimum absolute atomic E-state index is 0.0185. The molecular formula is C21H20ClN3O3. The highest BCUT2D eigenvalue weighted by Crippen LogP contribution is 2.22. The summed E-state index contributed by atoms with van der Waals surface area (Å²) in [5, 5.41) is 3.40. The van der Waals surface area contributed by atoms with Crippen LogP contribution in [0, 0.1) is 0 Å². The minimum Gasteiger partial charge on any atom is -0.441 e. The summed E-state index contributed by atoms with van der Waals surface area (Å²) < 4.78 is 5.70. The van der Waals surface area contributed by atoms with Gasteiger partial charge in [0.1, 0.15) is 0 Å². The predicted octanol–water partition coefficient (Wildman–Crippen LogP) is 4.02. The molecule has 2 aromatic carbocycles. The smallest absolute Gasteiger partial charge is 0.243 e. The van der Waals surface area contributed by atoms with Crippen molar-refractivity contribution < 1.29 is 14.0 Å².